The molecule has 240 valence electrons. The van der Waals surface area contributed by atoms with E-state index in [-0.39, 0.29) is 24.1 Å². The van der Waals surface area contributed by atoms with Crippen LogP contribution in [0.5, 0.6) is 5.75 Å². The molecule has 2 aliphatic carbocycles. The number of hydrogen-bond donors (Lipinski definition) is 2. The number of carbonyl (C=O) groups excluding carboxylic acids is 5. The average Bonchev–Trinajstić information content (AvgIpc) is 3.44. The van der Waals surface area contributed by atoms with Gasteiger partial charge in [-0.05, 0) is 78.4 Å². The molecule has 0 radical (unpaired) electrons. The molecule has 13 heteroatoms. The number of methoxy groups -OCH3 is 1. The van der Waals surface area contributed by atoms with Crippen molar-refractivity contribution in [3.63, 3.8) is 0 Å². The highest BCUT2D eigenvalue weighted by molar-refractivity contribution is 6.30. The molecule has 2 N–H and O–H groups in total. The van der Waals surface area contributed by atoms with Gasteiger partial charge in [-0.1, -0.05) is 41.4 Å². The van der Waals surface area contributed by atoms with Crippen molar-refractivity contribution in [2.75, 3.05) is 12.5 Å². The van der Waals surface area contributed by atoms with Crippen LogP contribution >= 0.6 is 11.6 Å². The van der Waals surface area contributed by atoms with Crippen LogP contribution in [0.15, 0.2) is 78.4 Å². The fourth-order valence-corrected chi connectivity index (χ4v) is 8.13. The molecule has 6 atom stereocenters. The normalized spacial score (nSPS) is 28.1. The number of allylic oxidation sites excluding steroid dienone is 2. The molecule has 3 aromatic carbocycles. The first-order valence-corrected chi connectivity index (χ1v) is 15.2. The number of fused-ring (bicyclic) bond motifs is 4. The molecule has 5 amide bonds. The van der Waals surface area contributed by atoms with Gasteiger partial charge in [-0.2, -0.15) is 9.91 Å². The third-order valence-corrected chi connectivity index (χ3v) is 10.2. The maximum Gasteiger partial charge on any atom is 0.423 e. The van der Waals surface area contributed by atoms with E-state index in [1.54, 1.807) is 30.3 Å². The van der Waals surface area contributed by atoms with Crippen molar-refractivity contribution in [1.29, 1.82) is 0 Å². The van der Waals surface area contributed by atoms with E-state index in [0.717, 1.165) is 36.4 Å². The van der Waals surface area contributed by atoms with E-state index < -0.39 is 82.1 Å². The van der Waals surface area contributed by atoms with E-state index in [1.807, 2.05) is 0 Å². The number of phenols is 1. The third kappa shape index (κ3) is 4.38. The van der Waals surface area contributed by atoms with Gasteiger partial charge in [0.25, 0.3) is 11.8 Å². The highest BCUT2D eigenvalue weighted by atomic mass is 35.5. The number of hydrogen-bond acceptors (Lipinski definition) is 8. The number of hydrazine groups is 1. The maximum atomic E-state index is 15.1. The van der Waals surface area contributed by atoms with Gasteiger partial charge >= 0.3 is 6.09 Å². The first-order valence-electron chi connectivity index (χ1n) is 14.8. The van der Waals surface area contributed by atoms with E-state index in [2.05, 4.69) is 5.43 Å². The van der Waals surface area contributed by atoms with Gasteiger partial charge in [0.15, 0.2) is 11.6 Å². The Bertz CT molecular complexity index is 1900. The highest BCUT2D eigenvalue weighted by Crippen LogP contribution is 2.64. The van der Waals surface area contributed by atoms with Gasteiger partial charge in [0, 0.05) is 10.9 Å². The largest absolute Gasteiger partial charge is 0.505 e. The second-order valence-corrected chi connectivity index (χ2v) is 12.5. The molecule has 1 saturated carbocycles. The highest BCUT2D eigenvalue weighted by Gasteiger charge is 2.70. The maximum absolute atomic E-state index is 15.1. The second-order valence-electron chi connectivity index (χ2n) is 12.1. The van der Waals surface area contributed by atoms with Gasteiger partial charge in [0.05, 0.1) is 36.0 Å². The Morgan fingerprint density at radius 2 is 1.66 bits per heavy atom. The van der Waals surface area contributed by atoms with Gasteiger partial charge in [-0.15, -0.1) is 0 Å². The number of nitrogens with one attached hydrogen (secondary N) is 1. The van der Waals surface area contributed by atoms with Gasteiger partial charge < -0.3 is 9.84 Å². The Kier molecular flexibility index (Phi) is 7.16. The van der Waals surface area contributed by atoms with Crippen LogP contribution in [-0.4, -0.2) is 51.8 Å². The molecule has 0 aromatic heterocycles. The Morgan fingerprint density at radius 1 is 0.957 bits per heavy atom. The summed E-state index contributed by atoms with van der Waals surface area (Å²) in [5, 5.41) is 11.3. The molecule has 47 heavy (non-hydrogen) atoms. The predicted molar refractivity (Wildman–Crippen MR) is 161 cm³/mol. The van der Waals surface area contributed by atoms with E-state index >= 15 is 4.39 Å². The smallest absolute Gasteiger partial charge is 0.423 e. The van der Waals surface area contributed by atoms with Crippen LogP contribution in [0.1, 0.15) is 29.9 Å². The van der Waals surface area contributed by atoms with Crippen LogP contribution in [0.25, 0.3) is 0 Å². The summed E-state index contributed by atoms with van der Waals surface area (Å²) in [5.74, 6) is -10.0. The summed E-state index contributed by atoms with van der Waals surface area (Å²) in [6.45, 7) is 0. The molecule has 2 saturated heterocycles. The van der Waals surface area contributed by atoms with Gasteiger partial charge in [-0.3, -0.25) is 24.6 Å². The van der Waals surface area contributed by atoms with Crippen molar-refractivity contribution in [1.82, 2.24) is 9.91 Å². The molecule has 0 spiro atoms. The van der Waals surface area contributed by atoms with Crippen molar-refractivity contribution >= 4 is 47.0 Å². The lowest BCUT2D eigenvalue weighted by molar-refractivity contribution is -0.140. The number of likely N-dealkylation sites (tertiary alicyclic amines) is 1. The Hall–Kier alpha value is -5.10. The Balaban J connectivity index is 1.46. The lowest BCUT2D eigenvalue weighted by atomic mass is 9.49. The van der Waals surface area contributed by atoms with Crippen molar-refractivity contribution in [3.8, 4) is 5.75 Å². The minimum absolute atomic E-state index is 0.0344. The zero-order valence-electron chi connectivity index (χ0n) is 24.7. The Labute approximate surface area is 271 Å². The van der Waals surface area contributed by atoms with E-state index in [1.165, 1.54) is 18.2 Å². The molecule has 7 rings (SSSR count). The minimum Gasteiger partial charge on any atom is -0.505 e. The first-order chi connectivity index (χ1) is 22.5. The quantitative estimate of drug-likeness (QED) is 0.292. The topological polar surface area (TPSA) is 133 Å². The number of anilines is 1. The predicted octanol–water partition coefficient (Wildman–Crippen LogP) is 5.08. The fraction of sp³-hybridized carbons (Fsp3) is 0.265. The van der Waals surface area contributed by atoms with Crippen LogP contribution in [0, 0.1) is 35.3 Å². The summed E-state index contributed by atoms with van der Waals surface area (Å²) in [6, 6.07) is 15.1. The molecule has 6 unspecified atom stereocenters. The monoisotopic (exact) mass is 661 g/mol. The molecule has 0 bridgehead atoms. The molecule has 3 fully saturated rings. The molecule has 10 nitrogen and oxygen atoms in total. The average molecular weight is 662 g/mol. The standard InChI is InChI=1S/C34H26ClF2N3O7/c1-47-33(46)39-29(42)22-12-11-21-23(27(22)31(39)44)15-24-30(43)40(38-20-9-7-19(36)8-10-20)32(45)34(24,17-3-5-18(35)6-4-17)28(21)16-2-13-26(41)25(37)14-16/h2-11,13-14,22-24,27-28,38,41H,12,15H2,1H3. The van der Waals surface area contributed by atoms with Crippen LogP contribution in [0.2, 0.25) is 5.02 Å². The summed E-state index contributed by atoms with van der Waals surface area (Å²) in [6.07, 6.45) is 0.565. The SMILES string of the molecule is COC(=O)N1C(=O)C2CC=C3C(CC4C(=O)N(Nc5ccc(F)cc5)C(=O)C4(c4ccc(Cl)cc4)C3c3ccc(O)c(F)c3)C2C1=O. The molecular weight excluding hydrogens is 636 g/mol. The Morgan fingerprint density at radius 3 is 2.32 bits per heavy atom. The van der Waals surface area contributed by atoms with Crippen molar-refractivity contribution in [2.45, 2.75) is 24.2 Å². The third-order valence-electron chi connectivity index (χ3n) is 9.92. The van der Waals surface area contributed by atoms with Crippen molar-refractivity contribution < 1.29 is 42.6 Å². The fourth-order valence-electron chi connectivity index (χ4n) is 8.00. The summed E-state index contributed by atoms with van der Waals surface area (Å²) in [7, 11) is 1.05. The molecule has 4 aliphatic rings. The number of ether oxygens (including phenoxy) is 1. The second kappa shape index (κ2) is 11.0. The molecule has 2 heterocycles. The summed E-state index contributed by atoms with van der Waals surface area (Å²) in [4.78, 5) is 69.5. The molecular formula is C34H26ClF2N3O7. The number of amides is 5. The molecule has 2 aliphatic heterocycles. The van der Waals surface area contributed by atoms with E-state index in [4.69, 9.17) is 16.3 Å². The lowest BCUT2D eigenvalue weighted by Crippen LogP contribution is -2.53. The minimum atomic E-state index is -1.72. The van der Waals surface area contributed by atoms with Gasteiger partial charge in [0.1, 0.15) is 5.82 Å². The van der Waals surface area contributed by atoms with E-state index in [0.29, 0.717) is 21.1 Å². The number of aromatic hydroxyl groups is 1. The number of imide groups is 4. The zero-order chi connectivity index (χ0) is 33.4. The van der Waals surface area contributed by atoms with Crippen LogP contribution in [0.3, 0.4) is 0 Å². The van der Waals surface area contributed by atoms with Crippen molar-refractivity contribution in [3.05, 3.63) is 106 Å². The summed E-state index contributed by atoms with van der Waals surface area (Å²) in [5.41, 5.74) is 2.47. The van der Waals surface area contributed by atoms with Crippen molar-refractivity contribution in [2.24, 2.45) is 23.7 Å². The first kappa shape index (κ1) is 30.5. The number of halogens is 3. The van der Waals surface area contributed by atoms with Gasteiger partial charge in [-0.25, -0.2) is 13.6 Å². The van der Waals surface area contributed by atoms with Crippen LogP contribution in [0.4, 0.5) is 19.3 Å². The number of rotatable bonds is 4. The van der Waals surface area contributed by atoms with E-state index in [9.17, 15) is 33.5 Å². The zero-order valence-corrected chi connectivity index (χ0v) is 25.4. The van der Waals surface area contributed by atoms with Crippen LogP contribution < -0.4 is 5.43 Å². The number of nitrogens with zero attached hydrogens (tertiary/aromatic N) is 2. The summed E-state index contributed by atoms with van der Waals surface area (Å²) < 4.78 is 33.5. The molecule has 3 aromatic rings. The number of carbonyl (C=O) groups is 5. The van der Waals surface area contributed by atoms with Crippen LogP contribution in [-0.2, 0) is 29.3 Å². The lowest BCUT2D eigenvalue weighted by Gasteiger charge is -2.50. The number of phenolic OH excluding ortho intramolecular Hbond substituents is 1. The van der Waals surface area contributed by atoms with Gasteiger partial charge in [0.2, 0.25) is 11.8 Å². The summed E-state index contributed by atoms with van der Waals surface area (Å²) >= 11 is 6.24. The number of benzene rings is 3.